The van der Waals surface area contributed by atoms with Crippen LogP contribution in [0.5, 0.6) is 0 Å². The Morgan fingerprint density at radius 3 is 2.79 bits per heavy atom. The Labute approximate surface area is 119 Å². The number of hydrogen-bond donors (Lipinski definition) is 1. The van der Waals surface area contributed by atoms with Crippen LogP contribution in [-0.4, -0.2) is 42.5 Å². The molecule has 2 N–H and O–H groups in total. The number of hydrogen-bond acceptors (Lipinski definition) is 3. The molecule has 1 aliphatic rings. The summed E-state index contributed by atoms with van der Waals surface area (Å²) >= 11 is 3.27. The van der Waals surface area contributed by atoms with Gasteiger partial charge in [-0.25, -0.2) is 0 Å². The number of carbonyl (C=O) groups excluding carboxylic acids is 2. The lowest BCUT2D eigenvalue weighted by atomic mass is 10.0. The van der Waals surface area contributed by atoms with E-state index in [0.717, 1.165) is 0 Å². The van der Waals surface area contributed by atoms with Crippen LogP contribution >= 0.6 is 15.9 Å². The van der Waals surface area contributed by atoms with Gasteiger partial charge in [-0.2, -0.15) is 0 Å². The Morgan fingerprint density at radius 1 is 1.42 bits per heavy atom. The zero-order valence-corrected chi connectivity index (χ0v) is 12.1. The number of primary amides is 1. The number of rotatable bonds is 2. The molecule has 0 aliphatic carbocycles. The van der Waals surface area contributed by atoms with Gasteiger partial charge in [-0.1, -0.05) is 15.9 Å². The van der Waals surface area contributed by atoms with Crippen LogP contribution in [0.4, 0.5) is 0 Å². The second-order valence-electron chi connectivity index (χ2n) is 4.48. The number of nitrogens with two attached hydrogens (primary N) is 1. The Bertz CT molecular complexity index is 519. The first kappa shape index (κ1) is 14.0. The molecule has 1 unspecified atom stereocenters. The number of ether oxygens (including phenoxy) is 1. The Balaban J connectivity index is 2.35. The monoisotopic (exact) mass is 326 g/mol. The first-order chi connectivity index (χ1) is 9.00. The van der Waals surface area contributed by atoms with Crippen molar-refractivity contribution in [3.05, 3.63) is 33.8 Å². The molecule has 1 aliphatic heterocycles. The minimum atomic E-state index is -0.606. The van der Waals surface area contributed by atoms with Crippen molar-refractivity contribution in [2.45, 2.75) is 13.0 Å². The Hall–Kier alpha value is -1.40. The second-order valence-corrected chi connectivity index (χ2v) is 5.39. The van der Waals surface area contributed by atoms with Gasteiger partial charge >= 0.3 is 0 Å². The fourth-order valence-electron chi connectivity index (χ4n) is 2.09. The van der Waals surface area contributed by atoms with Crippen LogP contribution in [0.15, 0.2) is 22.7 Å². The minimum Gasteiger partial charge on any atom is -0.377 e. The normalized spacial score (nSPS) is 19.3. The van der Waals surface area contributed by atoms with E-state index in [1.165, 1.54) is 0 Å². The van der Waals surface area contributed by atoms with Crippen molar-refractivity contribution in [2.24, 2.45) is 5.73 Å². The van der Waals surface area contributed by atoms with E-state index in [2.05, 4.69) is 15.9 Å². The molecule has 0 saturated carbocycles. The molecule has 2 amide bonds. The highest BCUT2D eigenvalue weighted by Gasteiger charge is 2.27. The average Bonchev–Trinajstić information content (AvgIpc) is 2.38. The lowest BCUT2D eigenvalue weighted by Crippen LogP contribution is -2.47. The zero-order valence-electron chi connectivity index (χ0n) is 10.6. The van der Waals surface area contributed by atoms with E-state index in [9.17, 15) is 9.59 Å². The third-order valence-corrected chi connectivity index (χ3v) is 3.60. The average molecular weight is 327 g/mol. The summed E-state index contributed by atoms with van der Waals surface area (Å²) in [5.41, 5.74) is 5.90. The van der Waals surface area contributed by atoms with Crippen molar-refractivity contribution < 1.29 is 14.3 Å². The largest absolute Gasteiger partial charge is 0.377 e. The van der Waals surface area contributed by atoms with Gasteiger partial charge < -0.3 is 15.4 Å². The minimum absolute atomic E-state index is 0.00868. The van der Waals surface area contributed by atoms with Crippen molar-refractivity contribution in [1.82, 2.24) is 4.90 Å². The predicted molar refractivity (Wildman–Crippen MR) is 74.0 cm³/mol. The number of amides is 2. The van der Waals surface area contributed by atoms with Gasteiger partial charge in [0.05, 0.1) is 30.4 Å². The maximum atomic E-state index is 12.5. The molecule has 1 fully saturated rings. The van der Waals surface area contributed by atoms with E-state index >= 15 is 0 Å². The third-order valence-electron chi connectivity index (χ3n) is 3.11. The fraction of sp³-hybridized carbons (Fsp3) is 0.385. The summed E-state index contributed by atoms with van der Waals surface area (Å²) < 4.78 is 6.02. The summed E-state index contributed by atoms with van der Waals surface area (Å²) in [7, 11) is 0. The molecular weight excluding hydrogens is 312 g/mol. The van der Waals surface area contributed by atoms with E-state index in [1.54, 1.807) is 23.1 Å². The summed E-state index contributed by atoms with van der Waals surface area (Å²) in [5, 5.41) is 0. The Kier molecular flexibility index (Phi) is 4.21. The quantitative estimate of drug-likeness (QED) is 0.893. The number of benzene rings is 1. The highest BCUT2D eigenvalue weighted by molar-refractivity contribution is 9.10. The summed E-state index contributed by atoms with van der Waals surface area (Å²) in [6.07, 6.45) is 0. The topological polar surface area (TPSA) is 72.6 Å². The predicted octanol–water partition coefficient (Wildman–Crippen LogP) is 1.41. The van der Waals surface area contributed by atoms with Crippen LogP contribution in [0, 0.1) is 0 Å². The van der Waals surface area contributed by atoms with Crippen molar-refractivity contribution >= 4 is 27.7 Å². The van der Waals surface area contributed by atoms with Crippen molar-refractivity contribution in [3.8, 4) is 0 Å². The zero-order chi connectivity index (χ0) is 14.0. The Morgan fingerprint density at radius 2 is 2.16 bits per heavy atom. The smallest absolute Gasteiger partial charge is 0.255 e. The lowest BCUT2D eigenvalue weighted by molar-refractivity contribution is 0.00353. The van der Waals surface area contributed by atoms with Gasteiger partial charge in [0.15, 0.2) is 0 Å². The van der Waals surface area contributed by atoms with Crippen LogP contribution in [-0.2, 0) is 4.74 Å². The molecule has 0 radical (unpaired) electrons. The molecule has 19 heavy (non-hydrogen) atoms. The van der Waals surface area contributed by atoms with Gasteiger partial charge in [0.1, 0.15) is 0 Å². The van der Waals surface area contributed by atoms with E-state index in [1.807, 2.05) is 6.92 Å². The standard InChI is InChI=1S/C13H15BrN2O3/c1-8-7-19-5-4-16(8)13(18)10-3-2-9(14)6-11(10)12(15)17/h2-3,6,8H,4-5,7H2,1H3,(H2,15,17). The highest BCUT2D eigenvalue weighted by Crippen LogP contribution is 2.20. The van der Waals surface area contributed by atoms with Crippen LogP contribution < -0.4 is 5.73 Å². The molecule has 1 aromatic carbocycles. The van der Waals surface area contributed by atoms with Gasteiger partial charge in [0, 0.05) is 11.0 Å². The molecule has 1 saturated heterocycles. The van der Waals surface area contributed by atoms with Gasteiger partial charge in [0.25, 0.3) is 5.91 Å². The summed E-state index contributed by atoms with van der Waals surface area (Å²) in [5.74, 6) is -0.789. The number of nitrogens with zero attached hydrogens (tertiary/aromatic N) is 1. The van der Waals surface area contributed by atoms with E-state index in [-0.39, 0.29) is 17.5 Å². The summed E-state index contributed by atoms with van der Waals surface area (Å²) in [6.45, 7) is 3.46. The van der Waals surface area contributed by atoms with Crippen LogP contribution in [0.1, 0.15) is 27.6 Å². The first-order valence-electron chi connectivity index (χ1n) is 5.98. The molecule has 5 nitrogen and oxygen atoms in total. The van der Waals surface area contributed by atoms with Gasteiger partial charge in [-0.05, 0) is 25.1 Å². The molecule has 1 aromatic rings. The molecule has 0 aromatic heterocycles. The van der Waals surface area contributed by atoms with Crippen LogP contribution in [0.2, 0.25) is 0 Å². The molecule has 1 atom stereocenters. The second kappa shape index (κ2) is 5.71. The van der Waals surface area contributed by atoms with Crippen molar-refractivity contribution in [1.29, 1.82) is 0 Å². The van der Waals surface area contributed by atoms with Crippen LogP contribution in [0.3, 0.4) is 0 Å². The molecule has 1 heterocycles. The molecule has 0 spiro atoms. The highest BCUT2D eigenvalue weighted by atomic mass is 79.9. The maximum Gasteiger partial charge on any atom is 0.255 e. The fourth-order valence-corrected chi connectivity index (χ4v) is 2.45. The number of carbonyl (C=O) groups is 2. The van der Waals surface area contributed by atoms with Gasteiger partial charge in [-0.15, -0.1) is 0 Å². The maximum absolute atomic E-state index is 12.5. The van der Waals surface area contributed by atoms with E-state index in [4.69, 9.17) is 10.5 Å². The third kappa shape index (κ3) is 2.96. The molecule has 0 bridgehead atoms. The lowest BCUT2D eigenvalue weighted by Gasteiger charge is -2.33. The molecule has 2 rings (SSSR count). The summed E-state index contributed by atoms with van der Waals surface area (Å²) in [6, 6.07) is 4.91. The molecule has 102 valence electrons. The van der Waals surface area contributed by atoms with Gasteiger partial charge in [-0.3, -0.25) is 9.59 Å². The molecular formula is C13H15BrN2O3. The van der Waals surface area contributed by atoms with E-state index in [0.29, 0.717) is 29.8 Å². The van der Waals surface area contributed by atoms with Crippen molar-refractivity contribution in [2.75, 3.05) is 19.8 Å². The number of morpholine rings is 1. The van der Waals surface area contributed by atoms with E-state index < -0.39 is 5.91 Å². The number of halogens is 1. The molecule has 6 heteroatoms. The van der Waals surface area contributed by atoms with Gasteiger partial charge in [0.2, 0.25) is 5.91 Å². The van der Waals surface area contributed by atoms with Crippen molar-refractivity contribution in [3.63, 3.8) is 0 Å². The first-order valence-corrected chi connectivity index (χ1v) is 6.78. The van der Waals surface area contributed by atoms with Crippen LogP contribution in [0.25, 0.3) is 0 Å². The summed E-state index contributed by atoms with van der Waals surface area (Å²) in [4.78, 5) is 25.7. The SMILES string of the molecule is CC1COCCN1C(=O)c1ccc(Br)cc1C(N)=O.